The molecule has 0 spiro atoms. The smallest absolute Gasteiger partial charge is 0.170 e. The third-order valence-corrected chi connectivity index (χ3v) is 2.15. The van der Waals surface area contributed by atoms with E-state index in [1.54, 1.807) is 0 Å². The molecule has 0 aliphatic carbocycles. The average molecular weight is 227 g/mol. The Bertz CT molecular complexity index is 357. The number of hydrogen-bond donors (Lipinski definition) is 1. The average Bonchev–Trinajstić information content (AvgIpc) is 2.16. The Morgan fingerprint density at radius 2 is 1.88 bits per heavy atom. The van der Waals surface area contributed by atoms with Gasteiger partial charge in [0.1, 0.15) is 11.6 Å². The van der Waals surface area contributed by atoms with Crippen LogP contribution in [0.5, 0.6) is 0 Å². The van der Waals surface area contributed by atoms with Crippen LogP contribution in [0.3, 0.4) is 0 Å². The van der Waals surface area contributed by atoms with E-state index >= 15 is 0 Å². The number of halogens is 2. The maximum atomic E-state index is 13.2. The number of Topliss-reactive ketones (excluding diaryl/α,β-unsaturated/α-hetero) is 1. The summed E-state index contributed by atoms with van der Waals surface area (Å²) in [6.07, 6.45) is 0.0933. The van der Waals surface area contributed by atoms with Gasteiger partial charge < -0.3 is 5.32 Å². The predicted octanol–water partition coefficient (Wildman–Crippen LogP) is 2.54. The monoisotopic (exact) mass is 227 g/mol. The lowest BCUT2D eigenvalue weighted by Gasteiger charge is -2.08. The second kappa shape index (κ2) is 5.70. The van der Waals surface area contributed by atoms with Crippen molar-refractivity contribution >= 4 is 5.78 Å². The lowest BCUT2D eigenvalue weighted by molar-refractivity contribution is 0.0974. The summed E-state index contributed by atoms with van der Waals surface area (Å²) >= 11 is 0. The number of rotatable bonds is 5. The van der Waals surface area contributed by atoms with Gasteiger partial charge in [0.2, 0.25) is 0 Å². The van der Waals surface area contributed by atoms with Crippen molar-refractivity contribution in [1.82, 2.24) is 5.32 Å². The lowest BCUT2D eigenvalue weighted by Crippen LogP contribution is -2.25. The quantitative estimate of drug-likeness (QED) is 0.783. The molecule has 0 saturated heterocycles. The summed E-state index contributed by atoms with van der Waals surface area (Å²) in [7, 11) is 0. The largest absolute Gasteiger partial charge is 0.314 e. The van der Waals surface area contributed by atoms with Gasteiger partial charge in [-0.05, 0) is 12.1 Å². The molecule has 0 amide bonds. The number of nitrogens with one attached hydrogen (secondary N) is 1. The van der Waals surface area contributed by atoms with Gasteiger partial charge >= 0.3 is 0 Å². The molecule has 88 valence electrons. The van der Waals surface area contributed by atoms with Gasteiger partial charge in [-0.1, -0.05) is 19.9 Å². The molecule has 0 radical (unpaired) electrons. The first kappa shape index (κ1) is 12.8. The van der Waals surface area contributed by atoms with Gasteiger partial charge in [0, 0.05) is 19.0 Å². The van der Waals surface area contributed by atoms with Crippen LogP contribution in [0.25, 0.3) is 0 Å². The minimum absolute atomic E-state index is 0.0933. The van der Waals surface area contributed by atoms with Crippen LogP contribution in [0.1, 0.15) is 30.6 Å². The molecular weight excluding hydrogens is 212 g/mol. The second-order valence-corrected chi connectivity index (χ2v) is 3.88. The van der Waals surface area contributed by atoms with Gasteiger partial charge in [-0.3, -0.25) is 4.79 Å². The van der Waals surface area contributed by atoms with Gasteiger partial charge in [-0.2, -0.15) is 0 Å². The Morgan fingerprint density at radius 3 is 2.38 bits per heavy atom. The van der Waals surface area contributed by atoms with Crippen LogP contribution >= 0.6 is 0 Å². The van der Waals surface area contributed by atoms with Crippen molar-refractivity contribution < 1.29 is 13.6 Å². The third kappa shape index (κ3) is 3.38. The van der Waals surface area contributed by atoms with Crippen LogP contribution in [0.4, 0.5) is 8.78 Å². The number of hydrogen-bond acceptors (Lipinski definition) is 2. The zero-order chi connectivity index (χ0) is 12.1. The molecule has 0 saturated carbocycles. The molecule has 0 aliphatic heterocycles. The molecule has 0 unspecified atom stereocenters. The summed E-state index contributed by atoms with van der Waals surface area (Å²) in [6.45, 7) is 4.30. The molecular formula is C12H15F2NO. The summed E-state index contributed by atoms with van der Waals surface area (Å²) in [5, 5.41) is 3.02. The van der Waals surface area contributed by atoms with Crippen LogP contribution < -0.4 is 5.32 Å². The lowest BCUT2D eigenvalue weighted by atomic mass is 10.1. The third-order valence-electron chi connectivity index (χ3n) is 2.15. The molecule has 1 aromatic carbocycles. The maximum absolute atomic E-state index is 13.2. The minimum Gasteiger partial charge on any atom is -0.314 e. The predicted molar refractivity (Wildman–Crippen MR) is 58.4 cm³/mol. The van der Waals surface area contributed by atoms with Gasteiger partial charge in [0.05, 0.1) is 5.56 Å². The van der Waals surface area contributed by atoms with Crippen molar-refractivity contribution in [3.63, 3.8) is 0 Å². The first-order valence-corrected chi connectivity index (χ1v) is 5.23. The van der Waals surface area contributed by atoms with Crippen molar-refractivity contribution in [3.05, 3.63) is 35.4 Å². The Morgan fingerprint density at radius 1 is 1.31 bits per heavy atom. The first-order valence-electron chi connectivity index (χ1n) is 5.23. The highest BCUT2D eigenvalue weighted by Crippen LogP contribution is 2.13. The molecule has 2 nitrogen and oxygen atoms in total. The molecule has 16 heavy (non-hydrogen) atoms. The Kier molecular flexibility index (Phi) is 4.55. The van der Waals surface area contributed by atoms with Crippen molar-refractivity contribution in [2.45, 2.75) is 26.3 Å². The van der Waals surface area contributed by atoms with E-state index < -0.39 is 23.0 Å². The zero-order valence-electron chi connectivity index (χ0n) is 9.39. The summed E-state index contributed by atoms with van der Waals surface area (Å²) in [6, 6.07) is 3.67. The van der Waals surface area contributed by atoms with E-state index in [1.807, 2.05) is 13.8 Å². The molecule has 0 aromatic heterocycles. The van der Waals surface area contributed by atoms with Crippen molar-refractivity contribution in [2.24, 2.45) is 0 Å². The van der Waals surface area contributed by atoms with Gasteiger partial charge in [-0.15, -0.1) is 0 Å². The van der Waals surface area contributed by atoms with Crippen LogP contribution in [0, 0.1) is 11.6 Å². The van der Waals surface area contributed by atoms with Gasteiger partial charge in [-0.25, -0.2) is 8.78 Å². The normalized spacial score (nSPS) is 10.8. The summed E-state index contributed by atoms with van der Waals surface area (Å²) < 4.78 is 26.4. The summed E-state index contributed by atoms with van der Waals surface area (Å²) in [5.74, 6) is -2.10. The Labute approximate surface area is 93.7 Å². The number of ketones is 1. The highest BCUT2D eigenvalue weighted by Gasteiger charge is 2.16. The van der Waals surface area contributed by atoms with E-state index in [2.05, 4.69) is 5.32 Å². The fraction of sp³-hybridized carbons (Fsp3) is 0.417. The van der Waals surface area contributed by atoms with Crippen molar-refractivity contribution in [3.8, 4) is 0 Å². The molecule has 0 bridgehead atoms. The maximum Gasteiger partial charge on any atom is 0.170 e. The molecule has 1 rings (SSSR count). The van der Waals surface area contributed by atoms with E-state index in [0.717, 1.165) is 12.1 Å². The second-order valence-electron chi connectivity index (χ2n) is 3.88. The van der Waals surface area contributed by atoms with Gasteiger partial charge in [0.15, 0.2) is 5.78 Å². The SMILES string of the molecule is CC(C)NCCC(=O)c1c(F)cccc1F. The Balaban J connectivity index is 2.66. The molecule has 0 aliphatic rings. The fourth-order valence-corrected chi connectivity index (χ4v) is 1.36. The highest BCUT2D eigenvalue weighted by atomic mass is 19.1. The highest BCUT2D eigenvalue weighted by molar-refractivity contribution is 5.96. The summed E-state index contributed by atoms with van der Waals surface area (Å²) in [4.78, 5) is 11.5. The van der Waals surface area contributed by atoms with Crippen LogP contribution in [0.15, 0.2) is 18.2 Å². The number of carbonyl (C=O) groups excluding carboxylic acids is 1. The summed E-state index contributed by atoms with van der Waals surface area (Å²) in [5.41, 5.74) is -0.437. The van der Waals surface area contributed by atoms with E-state index in [9.17, 15) is 13.6 Å². The number of carbonyl (C=O) groups is 1. The standard InChI is InChI=1S/C12H15F2NO/c1-8(2)15-7-6-11(16)12-9(13)4-3-5-10(12)14/h3-5,8,15H,6-7H2,1-2H3. The van der Waals surface area contributed by atoms with E-state index in [-0.39, 0.29) is 12.5 Å². The van der Waals surface area contributed by atoms with Crippen LogP contribution in [0.2, 0.25) is 0 Å². The van der Waals surface area contributed by atoms with E-state index in [4.69, 9.17) is 0 Å². The first-order chi connectivity index (χ1) is 7.52. The van der Waals surface area contributed by atoms with Crippen molar-refractivity contribution in [1.29, 1.82) is 0 Å². The van der Waals surface area contributed by atoms with Crippen LogP contribution in [-0.4, -0.2) is 18.4 Å². The molecule has 0 heterocycles. The molecule has 0 fully saturated rings. The minimum atomic E-state index is -0.797. The van der Waals surface area contributed by atoms with E-state index in [0.29, 0.717) is 6.54 Å². The van der Waals surface area contributed by atoms with Gasteiger partial charge in [0.25, 0.3) is 0 Å². The number of benzene rings is 1. The zero-order valence-corrected chi connectivity index (χ0v) is 9.39. The molecule has 0 atom stereocenters. The van der Waals surface area contributed by atoms with Crippen molar-refractivity contribution in [2.75, 3.05) is 6.54 Å². The van der Waals surface area contributed by atoms with E-state index in [1.165, 1.54) is 6.07 Å². The topological polar surface area (TPSA) is 29.1 Å². The molecule has 4 heteroatoms. The molecule has 1 aromatic rings. The van der Waals surface area contributed by atoms with Crippen LogP contribution in [-0.2, 0) is 0 Å². The molecule has 1 N–H and O–H groups in total. The fourth-order valence-electron chi connectivity index (χ4n) is 1.36. The Hall–Kier alpha value is -1.29.